The first-order chi connectivity index (χ1) is 14.3. The number of benzene rings is 2. The van der Waals surface area contributed by atoms with Crippen LogP contribution in [-0.4, -0.2) is 42.5 Å². The molecule has 162 valence electrons. The summed E-state index contributed by atoms with van der Waals surface area (Å²) in [4.78, 5) is 27.2. The molecule has 0 aliphatic heterocycles. The number of hydrogen-bond acceptors (Lipinski definition) is 4. The Morgan fingerprint density at radius 2 is 1.80 bits per heavy atom. The molecule has 0 spiro atoms. The number of methoxy groups -OCH3 is 1. The van der Waals surface area contributed by atoms with Crippen LogP contribution in [0.25, 0.3) is 0 Å². The number of halogens is 1. The predicted molar refractivity (Wildman–Crippen MR) is 118 cm³/mol. The molecule has 2 aromatic rings. The Bertz CT molecular complexity index is 859. The Morgan fingerprint density at radius 1 is 1.10 bits per heavy atom. The Labute approximate surface area is 183 Å². The third-order valence-corrected chi connectivity index (χ3v) is 5.05. The first kappa shape index (κ1) is 23.5. The van der Waals surface area contributed by atoms with Crippen LogP contribution in [0.1, 0.15) is 32.8 Å². The quantitative estimate of drug-likeness (QED) is 0.614. The monoisotopic (exact) mass is 432 g/mol. The van der Waals surface area contributed by atoms with Crippen LogP contribution in [0.15, 0.2) is 48.5 Å². The van der Waals surface area contributed by atoms with Crippen molar-refractivity contribution >= 4 is 23.4 Å². The van der Waals surface area contributed by atoms with E-state index in [-0.39, 0.29) is 31.0 Å². The Morgan fingerprint density at radius 3 is 2.47 bits per heavy atom. The van der Waals surface area contributed by atoms with Crippen LogP contribution < -0.4 is 14.8 Å². The second kappa shape index (κ2) is 11.5. The third kappa shape index (κ3) is 6.95. The number of nitrogens with zero attached hydrogens (tertiary/aromatic N) is 1. The van der Waals surface area contributed by atoms with Crippen molar-refractivity contribution in [1.29, 1.82) is 0 Å². The Balaban J connectivity index is 2.17. The largest absolute Gasteiger partial charge is 0.497 e. The van der Waals surface area contributed by atoms with E-state index in [0.717, 1.165) is 12.0 Å². The zero-order valence-electron chi connectivity index (χ0n) is 17.9. The van der Waals surface area contributed by atoms with Gasteiger partial charge in [0.15, 0.2) is 6.61 Å². The van der Waals surface area contributed by atoms with Crippen molar-refractivity contribution < 1.29 is 19.1 Å². The molecule has 7 heteroatoms. The number of hydrogen-bond donors (Lipinski definition) is 1. The molecule has 2 rings (SSSR count). The summed E-state index contributed by atoms with van der Waals surface area (Å²) in [7, 11) is 1.59. The van der Waals surface area contributed by atoms with Gasteiger partial charge in [0, 0.05) is 17.6 Å². The fourth-order valence-electron chi connectivity index (χ4n) is 2.80. The van der Waals surface area contributed by atoms with Gasteiger partial charge in [0.2, 0.25) is 5.91 Å². The average Bonchev–Trinajstić information content (AvgIpc) is 2.75. The van der Waals surface area contributed by atoms with Gasteiger partial charge < -0.3 is 19.7 Å². The lowest BCUT2D eigenvalue weighted by molar-refractivity contribution is -0.142. The van der Waals surface area contributed by atoms with Gasteiger partial charge in [0.1, 0.15) is 17.5 Å². The van der Waals surface area contributed by atoms with Gasteiger partial charge >= 0.3 is 0 Å². The van der Waals surface area contributed by atoms with Gasteiger partial charge in [0.05, 0.1) is 7.11 Å². The molecule has 0 heterocycles. The second-order valence-electron chi connectivity index (χ2n) is 7.11. The summed E-state index contributed by atoms with van der Waals surface area (Å²) in [5, 5.41) is 3.46. The van der Waals surface area contributed by atoms with Crippen LogP contribution in [0, 0.1) is 0 Å². The maximum absolute atomic E-state index is 13.0. The predicted octanol–water partition coefficient (Wildman–Crippen LogP) is 4.06. The topological polar surface area (TPSA) is 67.9 Å². The van der Waals surface area contributed by atoms with Gasteiger partial charge in [-0.2, -0.15) is 0 Å². The van der Waals surface area contributed by atoms with Crippen LogP contribution in [-0.2, 0) is 16.1 Å². The Hall–Kier alpha value is -2.73. The minimum absolute atomic E-state index is 0.0245. The van der Waals surface area contributed by atoms with Crippen molar-refractivity contribution in [3.63, 3.8) is 0 Å². The fraction of sp³-hybridized carbons (Fsp3) is 0.391. The molecule has 0 radical (unpaired) electrons. The lowest BCUT2D eigenvalue weighted by Crippen LogP contribution is -2.50. The SMILES string of the molecule is CC[C@@H](C)NC(=O)[C@@H](C)N(Cc1cccc(OC)c1)C(=O)COc1cccc(Cl)c1. The van der Waals surface area contributed by atoms with Crippen LogP contribution >= 0.6 is 11.6 Å². The molecular formula is C23H29ClN2O4. The van der Waals surface area contributed by atoms with E-state index in [2.05, 4.69) is 5.32 Å². The first-order valence-corrected chi connectivity index (χ1v) is 10.3. The maximum atomic E-state index is 13.0. The van der Waals surface area contributed by atoms with E-state index in [1.807, 2.05) is 38.1 Å². The van der Waals surface area contributed by atoms with Gasteiger partial charge in [-0.05, 0) is 56.2 Å². The smallest absolute Gasteiger partial charge is 0.261 e. The van der Waals surface area contributed by atoms with Gasteiger partial charge in [-0.15, -0.1) is 0 Å². The summed E-state index contributed by atoms with van der Waals surface area (Å²) in [6.45, 7) is 5.69. The molecule has 0 unspecified atom stereocenters. The number of amides is 2. The lowest BCUT2D eigenvalue weighted by atomic mass is 10.1. The molecule has 2 atom stereocenters. The van der Waals surface area contributed by atoms with E-state index < -0.39 is 6.04 Å². The number of ether oxygens (including phenoxy) is 2. The van der Waals surface area contributed by atoms with E-state index in [0.29, 0.717) is 16.5 Å². The summed E-state index contributed by atoms with van der Waals surface area (Å²) in [6, 6.07) is 13.6. The van der Waals surface area contributed by atoms with E-state index in [4.69, 9.17) is 21.1 Å². The molecule has 6 nitrogen and oxygen atoms in total. The minimum Gasteiger partial charge on any atom is -0.497 e. The number of nitrogens with one attached hydrogen (secondary N) is 1. The molecule has 0 saturated carbocycles. The zero-order chi connectivity index (χ0) is 22.1. The van der Waals surface area contributed by atoms with Crippen LogP contribution in [0.4, 0.5) is 0 Å². The molecule has 0 fully saturated rings. The molecule has 0 saturated heterocycles. The average molecular weight is 433 g/mol. The highest BCUT2D eigenvalue weighted by molar-refractivity contribution is 6.30. The van der Waals surface area contributed by atoms with Crippen molar-refractivity contribution in [2.24, 2.45) is 0 Å². The molecule has 0 aliphatic carbocycles. The van der Waals surface area contributed by atoms with Crippen LogP contribution in [0.3, 0.4) is 0 Å². The zero-order valence-corrected chi connectivity index (χ0v) is 18.6. The standard InChI is InChI=1S/C23H29ClN2O4/c1-5-16(2)25-23(28)17(3)26(14-18-8-6-10-20(12-18)29-4)22(27)15-30-21-11-7-9-19(24)13-21/h6-13,16-17H,5,14-15H2,1-4H3,(H,25,28)/t16-,17-/m1/s1. The molecular weight excluding hydrogens is 404 g/mol. The highest BCUT2D eigenvalue weighted by Gasteiger charge is 2.27. The summed E-state index contributed by atoms with van der Waals surface area (Å²) in [5.41, 5.74) is 0.855. The molecule has 0 bridgehead atoms. The summed E-state index contributed by atoms with van der Waals surface area (Å²) in [6.07, 6.45) is 0.806. The van der Waals surface area contributed by atoms with Crippen LogP contribution in [0.5, 0.6) is 11.5 Å². The number of carbonyl (C=O) groups is 2. The highest BCUT2D eigenvalue weighted by Crippen LogP contribution is 2.19. The Kier molecular flexibility index (Phi) is 8.99. The molecule has 0 aromatic heterocycles. The van der Waals surface area contributed by atoms with Gasteiger partial charge in [-0.25, -0.2) is 0 Å². The van der Waals surface area contributed by atoms with E-state index >= 15 is 0 Å². The van der Waals surface area contributed by atoms with E-state index in [1.54, 1.807) is 38.3 Å². The van der Waals surface area contributed by atoms with Crippen molar-refractivity contribution in [2.45, 2.75) is 45.8 Å². The first-order valence-electron chi connectivity index (χ1n) is 9.95. The normalized spacial score (nSPS) is 12.6. The number of rotatable bonds is 10. The molecule has 2 amide bonds. The van der Waals surface area contributed by atoms with Crippen molar-refractivity contribution in [3.05, 3.63) is 59.1 Å². The molecule has 30 heavy (non-hydrogen) atoms. The molecule has 0 aliphatic rings. The van der Waals surface area contributed by atoms with Gasteiger partial charge in [-0.3, -0.25) is 9.59 Å². The second-order valence-corrected chi connectivity index (χ2v) is 7.55. The van der Waals surface area contributed by atoms with Crippen molar-refractivity contribution in [1.82, 2.24) is 10.2 Å². The van der Waals surface area contributed by atoms with Crippen molar-refractivity contribution in [2.75, 3.05) is 13.7 Å². The van der Waals surface area contributed by atoms with Crippen molar-refractivity contribution in [3.8, 4) is 11.5 Å². The molecule has 2 aromatic carbocycles. The highest BCUT2D eigenvalue weighted by atomic mass is 35.5. The number of carbonyl (C=O) groups excluding carboxylic acids is 2. The van der Waals surface area contributed by atoms with E-state index in [1.165, 1.54) is 4.90 Å². The lowest BCUT2D eigenvalue weighted by Gasteiger charge is -2.29. The summed E-state index contributed by atoms with van der Waals surface area (Å²) < 4.78 is 10.9. The molecule has 1 N–H and O–H groups in total. The summed E-state index contributed by atoms with van der Waals surface area (Å²) in [5.74, 6) is 0.675. The third-order valence-electron chi connectivity index (χ3n) is 4.81. The van der Waals surface area contributed by atoms with E-state index in [9.17, 15) is 9.59 Å². The summed E-state index contributed by atoms with van der Waals surface area (Å²) >= 11 is 5.97. The maximum Gasteiger partial charge on any atom is 0.261 e. The van der Waals surface area contributed by atoms with Crippen LogP contribution in [0.2, 0.25) is 5.02 Å². The fourth-order valence-corrected chi connectivity index (χ4v) is 2.98. The van der Waals surface area contributed by atoms with Gasteiger partial charge in [-0.1, -0.05) is 36.7 Å². The minimum atomic E-state index is -0.666. The van der Waals surface area contributed by atoms with Gasteiger partial charge in [0.25, 0.3) is 5.91 Å².